The zero-order valence-electron chi connectivity index (χ0n) is 31.5. The van der Waals surface area contributed by atoms with E-state index in [1.807, 2.05) is 39.8 Å². The number of aromatic amines is 1. The van der Waals surface area contributed by atoms with Crippen molar-refractivity contribution in [3.63, 3.8) is 0 Å². The third-order valence-electron chi connectivity index (χ3n) is 7.51. The van der Waals surface area contributed by atoms with Crippen LogP contribution in [-0.2, 0) is 16.0 Å². The van der Waals surface area contributed by atoms with Gasteiger partial charge in [-0.25, -0.2) is 18.8 Å². The maximum Gasteiger partial charge on any atom is 0.490 e. The van der Waals surface area contributed by atoms with Gasteiger partial charge in [0.25, 0.3) is 5.91 Å². The van der Waals surface area contributed by atoms with Crippen LogP contribution in [0.25, 0.3) is 5.69 Å². The lowest BCUT2D eigenvalue weighted by Gasteiger charge is -2.28. The van der Waals surface area contributed by atoms with Gasteiger partial charge in [-0.15, -0.1) is 5.10 Å². The van der Waals surface area contributed by atoms with E-state index in [1.54, 1.807) is 54.6 Å². The molecule has 3 aromatic carbocycles. The first-order chi connectivity index (χ1) is 26.7. The Morgan fingerprint density at radius 3 is 1.97 bits per heavy atom. The fourth-order valence-corrected chi connectivity index (χ4v) is 5.08. The average molecular weight is 831 g/mol. The number of nitrogens with zero attached hydrogens (tertiary/aromatic N) is 3. The van der Waals surface area contributed by atoms with Crippen molar-refractivity contribution >= 4 is 29.4 Å². The highest BCUT2D eigenvalue weighted by atomic mass is 19.4. The largest absolute Gasteiger partial charge is 0.490 e. The molecular formula is C36H41F7N8O7. The number of primary amides is 1. The van der Waals surface area contributed by atoms with Crippen LogP contribution in [0.1, 0.15) is 59.7 Å². The molecule has 0 aliphatic rings. The normalized spacial score (nSPS) is 12.0. The molecule has 22 heteroatoms. The molecule has 4 aromatic rings. The van der Waals surface area contributed by atoms with Gasteiger partial charge < -0.3 is 36.6 Å². The summed E-state index contributed by atoms with van der Waals surface area (Å²) in [6.45, 7) is 7.06. The number of nitrogen functional groups attached to an aromatic ring is 1. The first kappa shape index (κ1) is 47.7. The number of amidine groups is 1. The number of rotatable bonds is 13. The second-order valence-corrected chi connectivity index (χ2v) is 13.3. The summed E-state index contributed by atoms with van der Waals surface area (Å²) in [4.78, 5) is 47.9. The Labute approximate surface area is 325 Å². The summed E-state index contributed by atoms with van der Waals surface area (Å²) < 4.78 is 87.0. The van der Waals surface area contributed by atoms with Crippen molar-refractivity contribution in [2.24, 2.45) is 16.9 Å². The van der Waals surface area contributed by atoms with Gasteiger partial charge in [-0.1, -0.05) is 39.0 Å². The molecule has 0 spiro atoms. The van der Waals surface area contributed by atoms with Gasteiger partial charge in [-0.3, -0.25) is 15.2 Å². The number of carbonyl (C=O) groups excluding carboxylic acids is 1. The van der Waals surface area contributed by atoms with Crippen LogP contribution in [0.3, 0.4) is 0 Å². The maximum absolute atomic E-state index is 16.4. The van der Waals surface area contributed by atoms with Crippen LogP contribution in [-0.4, -0.2) is 93.2 Å². The van der Waals surface area contributed by atoms with Gasteiger partial charge in [-0.05, 0) is 68.5 Å². The quantitative estimate of drug-likeness (QED) is 0.0532. The first-order valence-electron chi connectivity index (χ1n) is 16.7. The Morgan fingerprint density at radius 2 is 1.50 bits per heavy atom. The number of carbonyl (C=O) groups is 3. The number of aromatic nitrogens is 3. The fraction of sp³-hybridized carbons (Fsp3) is 0.333. The lowest BCUT2D eigenvalue weighted by atomic mass is 9.94. The maximum atomic E-state index is 16.4. The predicted octanol–water partition coefficient (Wildman–Crippen LogP) is 5.08. The van der Waals surface area contributed by atoms with E-state index in [2.05, 4.69) is 15.4 Å². The summed E-state index contributed by atoms with van der Waals surface area (Å²) in [5, 5.41) is 29.7. The molecule has 0 bridgehead atoms. The van der Waals surface area contributed by atoms with E-state index in [0.29, 0.717) is 17.7 Å². The van der Waals surface area contributed by atoms with Gasteiger partial charge in [0, 0.05) is 28.8 Å². The van der Waals surface area contributed by atoms with E-state index in [9.17, 15) is 35.9 Å². The molecule has 58 heavy (non-hydrogen) atoms. The molecule has 0 saturated carbocycles. The standard InChI is InChI=1S/C32H39FN8O3.2C2HF3O2/c1-6-19-15-23(26(33)25(16-19)44-18-32(2,3)17-40(4)5)27(37-21-13-11-20(12-14-21)28(34)35)30-38-31(43)41(39-30)24-10-8-7-9-22(24)29(36)42;2*3-2(4,5)1(6)7/h7-16,27,37H,6,17-18H2,1-5H3,(H3,34,35)(H2,36,42)(H,38,39,43);2*(H,6,7). The predicted molar refractivity (Wildman–Crippen MR) is 197 cm³/mol. The number of carboxylic acid groups (broad SMARTS) is 2. The molecule has 0 radical (unpaired) electrons. The Kier molecular flexibility index (Phi) is 16.1. The molecule has 4 rings (SSSR count). The van der Waals surface area contributed by atoms with E-state index in [4.69, 9.17) is 41.4 Å². The number of amides is 1. The van der Waals surface area contributed by atoms with Crippen molar-refractivity contribution in [2.75, 3.05) is 32.6 Å². The number of halogens is 7. The molecule has 1 heterocycles. The summed E-state index contributed by atoms with van der Waals surface area (Å²) in [5.41, 5.74) is 12.7. The third kappa shape index (κ3) is 13.9. The van der Waals surface area contributed by atoms with Crippen molar-refractivity contribution in [3.8, 4) is 11.4 Å². The van der Waals surface area contributed by atoms with Gasteiger partial charge >= 0.3 is 30.0 Å². The number of carboxylic acids is 2. The minimum absolute atomic E-state index is 0.0887. The fourth-order valence-electron chi connectivity index (χ4n) is 5.08. The van der Waals surface area contributed by atoms with E-state index in [0.717, 1.165) is 16.8 Å². The van der Waals surface area contributed by atoms with Crippen LogP contribution < -0.4 is 27.2 Å². The molecule has 1 amide bonds. The van der Waals surface area contributed by atoms with Gasteiger partial charge in [0.1, 0.15) is 11.9 Å². The molecule has 1 unspecified atom stereocenters. The molecule has 316 valence electrons. The average Bonchev–Trinajstić information content (AvgIpc) is 3.50. The minimum atomic E-state index is -5.08. The SMILES string of the molecule is CCc1cc(OCC(C)(C)CN(C)C)c(F)c(C(Nc2ccc(C(=N)N)cc2)c2nn(-c3ccccc3C(N)=O)c(=O)[nH]2)c1.O=C(O)C(F)(F)F.O=C(O)C(F)(F)F. The second-order valence-electron chi connectivity index (χ2n) is 13.3. The summed E-state index contributed by atoms with van der Waals surface area (Å²) in [5.74, 6) is -6.75. The van der Waals surface area contributed by atoms with E-state index < -0.39 is 47.7 Å². The van der Waals surface area contributed by atoms with Crippen LogP contribution in [0.2, 0.25) is 0 Å². The van der Waals surface area contributed by atoms with Crippen molar-refractivity contribution in [2.45, 2.75) is 45.6 Å². The Balaban J connectivity index is 0.000000707. The number of hydrogen-bond donors (Lipinski definition) is 7. The third-order valence-corrected chi connectivity index (χ3v) is 7.51. The van der Waals surface area contributed by atoms with Gasteiger partial charge in [-0.2, -0.15) is 31.0 Å². The molecule has 0 aliphatic carbocycles. The van der Waals surface area contributed by atoms with Crippen molar-refractivity contribution < 1.29 is 60.1 Å². The summed E-state index contributed by atoms with van der Waals surface area (Å²) in [7, 11) is 3.94. The molecule has 0 fully saturated rings. The molecule has 0 aliphatic heterocycles. The number of benzene rings is 3. The number of ether oxygens (including phenoxy) is 1. The van der Waals surface area contributed by atoms with Crippen molar-refractivity contribution in [3.05, 3.63) is 105 Å². The number of nitrogens with one attached hydrogen (secondary N) is 3. The van der Waals surface area contributed by atoms with E-state index in [1.165, 1.54) is 6.07 Å². The Hall–Kier alpha value is -6.45. The van der Waals surface area contributed by atoms with Crippen molar-refractivity contribution in [1.29, 1.82) is 5.41 Å². The first-order valence-corrected chi connectivity index (χ1v) is 16.7. The van der Waals surface area contributed by atoms with Crippen molar-refractivity contribution in [1.82, 2.24) is 19.7 Å². The van der Waals surface area contributed by atoms with Gasteiger partial charge in [0.05, 0.1) is 17.9 Å². The summed E-state index contributed by atoms with van der Waals surface area (Å²) >= 11 is 0. The molecule has 1 atom stereocenters. The van der Waals surface area contributed by atoms with Crippen LogP contribution in [0.15, 0.2) is 65.5 Å². The van der Waals surface area contributed by atoms with Crippen LogP contribution >= 0.6 is 0 Å². The second kappa shape index (κ2) is 19.6. The van der Waals surface area contributed by atoms with E-state index >= 15 is 4.39 Å². The van der Waals surface area contributed by atoms with Crippen LogP contribution in [0.4, 0.5) is 36.4 Å². The summed E-state index contributed by atoms with van der Waals surface area (Å²) in [6, 6.07) is 15.5. The lowest BCUT2D eigenvalue weighted by molar-refractivity contribution is -0.193. The zero-order valence-corrected chi connectivity index (χ0v) is 31.5. The smallest absolute Gasteiger partial charge is 0.490 e. The number of para-hydroxylation sites is 1. The number of aliphatic carboxylic acids is 2. The molecular weight excluding hydrogens is 789 g/mol. The highest BCUT2D eigenvalue weighted by Gasteiger charge is 2.39. The highest BCUT2D eigenvalue weighted by Crippen LogP contribution is 2.34. The van der Waals surface area contributed by atoms with Crippen LogP contribution in [0.5, 0.6) is 5.75 Å². The number of nitrogens with two attached hydrogens (primary N) is 2. The highest BCUT2D eigenvalue weighted by molar-refractivity contribution is 5.96. The van der Waals surface area contributed by atoms with E-state index in [-0.39, 0.29) is 46.2 Å². The number of H-pyrrole nitrogens is 1. The lowest BCUT2D eigenvalue weighted by Crippen LogP contribution is -2.33. The Bertz CT molecular complexity index is 2110. The molecule has 9 N–H and O–H groups in total. The molecule has 15 nitrogen and oxygen atoms in total. The van der Waals surface area contributed by atoms with Gasteiger partial charge in [0.2, 0.25) is 0 Å². The minimum Gasteiger partial charge on any atom is -0.490 e. The number of anilines is 1. The summed E-state index contributed by atoms with van der Waals surface area (Å²) in [6.07, 6.45) is -9.57. The number of aryl methyl sites for hydroxylation is 1. The van der Waals surface area contributed by atoms with Gasteiger partial charge in [0.15, 0.2) is 17.4 Å². The zero-order chi connectivity index (χ0) is 44.3. The van der Waals surface area contributed by atoms with Crippen LogP contribution in [0, 0.1) is 16.6 Å². The molecule has 1 aromatic heterocycles. The topological polar surface area (TPSA) is 243 Å². The monoisotopic (exact) mass is 830 g/mol. The number of hydrogen-bond acceptors (Lipinski definition) is 9. The molecule has 0 saturated heterocycles. The number of alkyl halides is 6. The Morgan fingerprint density at radius 1 is 0.966 bits per heavy atom.